The van der Waals surface area contributed by atoms with Crippen LogP contribution in [0.4, 0.5) is 0 Å². The van der Waals surface area contributed by atoms with Gasteiger partial charge in [0.2, 0.25) is 0 Å². The topological polar surface area (TPSA) is 111 Å². The number of hydrogen-bond donors (Lipinski definition) is 0. The first kappa shape index (κ1) is 90.2. The van der Waals surface area contributed by atoms with E-state index in [2.05, 4.69) is 50.3 Å². The lowest BCUT2D eigenvalue weighted by molar-refractivity contribution is -0.870. The van der Waals surface area contributed by atoms with Crippen LogP contribution in [0.5, 0.6) is 0 Å². The summed E-state index contributed by atoms with van der Waals surface area (Å²) in [4.78, 5) is 38.2. The van der Waals surface area contributed by atoms with E-state index < -0.39 is 26.5 Å². The molecule has 0 saturated heterocycles. The molecule has 0 rings (SSSR count). The zero-order chi connectivity index (χ0) is 66.9. The van der Waals surface area contributed by atoms with Crippen molar-refractivity contribution in [1.82, 2.24) is 0 Å². The molecule has 2 atom stereocenters. The minimum atomic E-state index is -4.64. The van der Waals surface area contributed by atoms with Gasteiger partial charge in [-0.3, -0.25) is 14.2 Å². The zero-order valence-corrected chi connectivity index (χ0v) is 63.2. The summed E-state index contributed by atoms with van der Waals surface area (Å²) in [6.07, 6.45) is 95.7. The lowest BCUT2D eigenvalue weighted by Crippen LogP contribution is -2.37. The number of carbonyl (C=O) groups excluding carboxylic acids is 2. The molecule has 0 aliphatic carbocycles. The standard InChI is InChI=1S/C82H158NO8P/c1-6-8-10-12-14-16-18-20-22-24-26-28-30-32-34-35-36-37-38-39-40-41-42-43-44-45-46-47-49-51-53-55-57-59-61-63-65-67-69-71-73-75-82(85)91-80(79-90-92(86,87)89-77-76-83(3,4)5)78-88-81(84)74-72-70-68-66-64-62-60-58-56-54-52-50-48-33-31-29-27-25-23-21-19-17-15-13-11-9-7-2/h18,20,24-27,80H,6-17,19,21-23,28-79H2,1-5H3/b20-18-,26-24-,27-25-. The predicted octanol–water partition coefficient (Wildman–Crippen LogP) is 26.3. The van der Waals surface area contributed by atoms with Gasteiger partial charge in [0.1, 0.15) is 19.8 Å². The fraction of sp³-hybridized carbons (Fsp3) is 0.902. The molecule has 2 unspecified atom stereocenters. The molecule has 0 heterocycles. The number of esters is 2. The number of nitrogens with zero attached hydrogens (tertiary/aromatic N) is 1. The predicted molar refractivity (Wildman–Crippen MR) is 398 cm³/mol. The second kappa shape index (κ2) is 73.5. The van der Waals surface area contributed by atoms with Crippen LogP contribution in [0.3, 0.4) is 0 Å². The Morgan fingerprint density at radius 3 is 0.870 bits per heavy atom. The van der Waals surface area contributed by atoms with Gasteiger partial charge in [0.15, 0.2) is 6.10 Å². The monoisotopic (exact) mass is 1320 g/mol. The summed E-state index contributed by atoms with van der Waals surface area (Å²) in [5.41, 5.74) is 0. The van der Waals surface area contributed by atoms with E-state index in [-0.39, 0.29) is 32.0 Å². The van der Waals surface area contributed by atoms with Gasteiger partial charge >= 0.3 is 11.9 Å². The molecule has 10 heteroatoms. The van der Waals surface area contributed by atoms with E-state index in [0.717, 1.165) is 38.5 Å². The third-order valence-electron chi connectivity index (χ3n) is 18.6. The molecule has 0 N–H and O–H groups in total. The van der Waals surface area contributed by atoms with Gasteiger partial charge in [0, 0.05) is 12.8 Å². The number of phosphoric ester groups is 1. The molecule has 0 aliphatic rings. The molecule has 0 aliphatic heterocycles. The summed E-state index contributed by atoms with van der Waals surface area (Å²) in [5, 5.41) is 0. The summed E-state index contributed by atoms with van der Waals surface area (Å²) in [6, 6.07) is 0. The number of unbranched alkanes of at least 4 members (excludes halogenated alkanes) is 57. The van der Waals surface area contributed by atoms with Crippen LogP contribution in [0, 0.1) is 0 Å². The van der Waals surface area contributed by atoms with E-state index in [1.165, 1.54) is 353 Å². The van der Waals surface area contributed by atoms with Crippen molar-refractivity contribution >= 4 is 19.8 Å². The molecule has 92 heavy (non-hydrogen) atoms. The Labute approximate surface area is 573 Å². The van der Waals surface area contributed by atoms with Gasteiger partial charge < -0.3 is 27.9 Å². The molecular formula is C82H158NO8P. The minimum absolute atomic E-state index is 0.0271. The number of likely N-dealkylation sites (N-methyl/N-ethyl adjacent to an activating group) is 1. The van der Waals surface area contributed by atoms with Crippen LogP contribution >= 0.6 is 7.82 Å². The van der Waals surface area contributed by atoms with Crippen LogP contribution in [-0.4, -0.2) is 70.0 Å². The lowest BCUT2D eigenvalue weighted by Gasteiger charge is -2.28. The maximum Gasteiger partial charge on any atom is 0.306 e. The van der Waals surface area contributed by atoms with E-state index in [1.807, 2.05) is 21.1 Å². The average Bonchev–Trinajstić information content (AvgIpc) is 2.23. The highest BCUT2D eigenvalue weighted by Gasteiger charge is 2.22. The van der Waals surface area contributed by atoms with Crippen molar-refractivity contribution in [2.24, 2.45) is 0 Å². The Kier molecular flexibility index (Phi) is 72.1. The molecule has 0 radical (unpaired) electrons. The van der Waals surface area contributed by atoms with Crippen LogP contribution in [0.25, 0.3) is 0 Å². The summed E-state index contributed by atoms with van der Waals surface area (Å²) in [6.45, 7) is 4.31. The van der Waals surface area contributed by atoms with Crippen LogP contribution < -0.4 is 4.89 Å². The fourth-order valence-corrected chi connectivity index (χ4v) is 13.1. The van der Waals surface area contributed by atoms with Crippen molar-refractivity contribution in [2.45, 2.75) is 431 Å². The Balaban J connectivity index is 3.87. The normalized spacial score (nSPS) is 13.2. The van der Waals surface area contributed by atoms with Crippen molar-refractivity contribution in [3.63, 3.8) is 0 Å². The fourth-order valence-electron chi connectivity index (χ4n) is 12.4. The van der Waals surface area contributed by atoms with Gasteiger partial charge in [-0.2, -0.15) is 0 Å². The molecule has 0 amide bonds. The number of ether oxygens (including phenoxy) is 2. The second-order valence-corrected chi connectivity index (χ2v) is 30.5. The SMILES string of the molecule is CCCCCCC/C=C\C/C=C\CCCCCCCCCCCCCCCCCCCCCCCCCCCCCCCC(=O)OC(COC(=O)CCCCCCCCCCCCCCCCC/C=C\CCCCCCCCCC)COP(=O)([O-])OCC[N+](C)(C)C. The van der Waals surface area contributed by atoms with Crippen molar-refractivity contribution < 1.29 is 42.1 Å². The zero-order valence-electron chi connectivity index (χ0n) is 62.3. The molecule has 9 nitrogen and oxygen atoms in total. The third kappa shape index (κ3) is 77.2. The van der Waals surface area contributed by atoms with Gasteiger partial charge in [-0.25, -0.2) is 0 Å². The van der Waals surface area contributed by atoms with E-state index >= 15 is 0 Å². The van der Waals surface area contributed by atoms with Crippen LogP contribution in [0.15, 0.2) is 36.5 Å². The number of hydrogen-bond acceptors (Lipinski definition) is 8. The molecule has 0 fully saturated rings. The van der Waals surface area contributed by atoms with Crippen molar-refractivity contribution in [3.05, 3.63) is 36.5 Å². The van der Waals surface area contributed by atoms with Crippen molar-refractivity contribution in [2.75, 3.05) is 47.5 Å². The van der Waals surface area contributed by atoms with Crippen LogP contribution in [0.2, 0.25) is 0 Å². The van der Waals surface area contributed by atoms with Gasteiger partial charge in [0.25, 0.3) is 7.82 Å². The van der Waals surface area contributed by atoms with Crippen molar-refractivity contribution in [3.8, 4) is 0 Å². The number of quaternary nitrogens is 1. The van der Waals surface area contributed by atoms with E-state index in [0.29, 0.717) is 17.4 Å². The quantitative estimate of drug-likeness (QED) is 0.0195. The molecule has 0 aromatic heterocycles. The molecule has 544 valence electrons. The molecule has 0 bridgehead atoms. The van der Waals surface area contributed by atoms with E-state index in [4.69, 9.17) is 18.5 Å². The summed E-state index contributed by atoms with van der Waals surface area (Å²) >= 11 is 0. The van der Waals surface area contributed by atoms with Gasteiger partial charge in [-0.05, 0) is 70.6 Å². The number of rotatable bonds is 77. The first-order valence-electron chi connectivity index (χ1n) is 40.7. The number of carbonyl (C=O) groups is 2. The van der Waals surface area contributed by atoms with Gasteiger partial charge in [-0.15, -0.1) is 0 Å². The minimum Gasteiger partial charge on any atom is -0.756 e. The highest BCUT2D eigenvalue weighted by molar-refractivity contribution is 7.45. The average molecular weight is 1320 g/mol. The highest BCUT2D eigenvalue weighted by atomic mass is 31.2. The van der Waals surface area contributed by atoms with Gasteiger partial charge in [0.05, 0.1) is 27.7 Å². The molecule has 0 aromatic carbocycles. The molecule has 0 spiro atoms. The van der Waals surface area contributed by atoms with Crippen LogP contribution in [-0.2, 0) is 32.7 Å². The highest BCUT2D eigenvalue weighted by Crippen LogP contribution is 2.38. The van der Waals surface area contributed by atoms with Gasteiger partial charge in [-0.1, -0.05) is 378 Å². The lowest BCUT2D eigenvalue weighted by atomic mass is 10.0. The Morgan fingerprint density at radius 2 is 0.587 bits per heavy atom. The molecular weight excluding hydrogens is 1160 g/mol. The first-order valence-corrected chi connectivity index (χ1v) is 42.2. The number of allylic oxidation sites excluding steroid dienone is 6. The van der Waals surface area contributed by atoms with E-state index in [9.17, 15) is 19.0 Å². The van der Waals surface area contributed by atoms with Crippen molar-refractivity contribution in [1.29, 1.82) is 0 Å². The Morgan fingerprint density at radius 1 is 0.337 bits per heavy atom. The Hall–Kier alpha value is -1.77. The molecule has 0 saturated carbocycles. The second-order valence-electron chi connectivity index (χ2n) is 29.1. The number of phosphoric acid groups is 1. The largest absolute Gasteiger partial charge is 0.756 e. The summed E-state index contributed by atoms with van der Waals surface area (Å²) in [5.74, 6) is -0.807. The van der Waals surface area contributed by atoms with E-state index in [1.54, 1.807) is 0 Å². The molecule has 0 aromatic rings. The Bertz CT molecular complexity index is 1640. The summed E-state index contributed by atoms with van der Waals surface area (Å²) in [7, 11) is 1.19. The first-order chi connectivity index (χ1) is 45.0. The maximum absolute atomic E-state index is 12.9. The van der Waals surface area contributed by atoms with Crippen LogP contribution in [0.1, 0.15) is 425 Å². The third-order valence-corrected chi connectivity index (χ3v) is 19.6. The smallest absolute Gasteiger partial charge is 0.306 e. The summed E-state index contributed by atoms with van der Waals surface area (Å²) < 4.78 is 34.4. The maximum atomic E-state index is 12.9.